The van der Waals surface area contributed by atoms with Crippen LogP contribution in [-0.4, -0.2) is 32.0 Å². The van der Waals surface area contributed by atoms with Crippen molar-refractivity contribution in [1.82, 2.24) is 24.9 Å². The van der Waals surface area contributed by atoms with Gasteiger partial charge in [0.2, 0.25) is 5.89 Å². The summed E-state index contributed by atoms with van der Waals surface area (Å²) in [4.78, 5) is 4.54. The van der Waals surface area contributed by atoms with E-state index in [4.69, 9.17) is 9.26 Å². The number of ether oxygens (including phenoxy) is 1. The summed E-state index contributed by atoms with van der Waals surface area (Å²) in [6, 6.07) is 16.1. The Morgan fingerprint density at radius 3 is 2.42 bits per heavy atom. The van der Waals surface area contributed by atoms with Crippen LogP contribution in [0.15, 0.2) is 58.2 Å². The summed E-state index contributed by atoms with van der Waals surface area (Å²) in [5.41, 5.74) is 3.03. The van der Waals surface area contributed by atoms with Crippen molar-refractivity contribution in [3.8, 4) is 22.8 Å². The number of benzene rings is 2. The molecule has 0 bridgehead atoms. The van der Waals surface area contributed by atoms with Crippen LogP contribution in [0.2, 0.25) is 0 Å². The summed E-state index contributed by atoms with van der Waals surface area (Å²) < 4.78 is 13.1. The lowest BCUT2D eigenvalue weighted by Crippen LogP contribution is -2.02. The van der Waals surface area contributed by atoms with Crippen molar-refractivity contribution in [1.29, 1.82) is 0 Å². The fraction of sp³-hybridized carbons (Fsp3) is 0.304. The fourth-order valence-electron chi connectivity index (χ4n) is 3.13. The molecule has 1 atom stereocenters. The highest BCUT2D eigenvalue weighted by atomic mass is 32.2. The number of methoxy groups -OCH3 is 1. The lowest BCUT2D eigenvalue weighted by Gasteiger charge is -2.13. The number of thioether (sulfide) groups is 1. The van der Waals surface area contributed by atoms with Gasteiger partial charge in [-0.15, -0.1) is 10.2 Å². The summed E-state index contributed by atoms with van der Waals surface area (Å²) in [6.07, 6.45) is 0. The first-order valence-corrected chi connectivity index (χ1v) is 11.0. The quantitative estimate of drug-likeness (QED) is 0.349. The van der Waals surface area contributed by atoms with E-state index in [0.717, 1.165) is 22.2 Å². The number of rotatable bonds is 7. The molecule has 0 fully saturated rings. The Bertz CT molecular complexity index is 1170. The molecule has 0 saturated heterocycles. The van der Waals surface area contributed by atoms with Crippen LogP contribution in [0, 0.1) is 6.92 Å². The lowest BCUT2D eigenvalue weighted by molar-refractivity contribution is 0.373. The molecule has 0 aliphatic rings. The maximum absolute atomic E-state index is 5.57. The van der Waals surface area contributed by atoms with Gasteiger partial charge >= 0.3 is 0 Å². The lowest BCUT2D eigenvalue weighted by atomic mass is 10.1. The van der Waals surface area contributed by atoms with Gasteiger partial charge in [-0.05, 0) is 38.1 Å². The van der Waals surface area contributed by atoms with E-state index in [0.29, 0.717) is 17.5 Å². The molecule has 4 rings (SSSR count). The first kappa shape index (κ1) is 21.1. The molecule has 0 amide bonds. The van der Waals surface area contributed by atoms with E-state index >= 15 is 0 Å². The van der Waals surface area contributed by atoms with E-state index in [9.17, 15) is 0 Å². The smallest absolute Gasteiger partial charge is 0.239 e. The van der Waals surface area contributed by atoms with E-state index in [-0.39, 0.29) is 11.2 Å². The molecule has 0 aliphatic heterocycles. The van der Waals surface area contributed by atoms with Crippen LogP contribution in [0.3, 0.4) is 0 Å². The van der Waals surface area contributed by atoms with Crippen LogP contribution in [0.25, 0.3) is 17.1 Å². The van der Waals surface area contributed by atoms with Crippen LogP contribution in [-0.2, 0) is 0 Å². The molecule has 4 aromatic rings. The number of aromatic nitrogens is 5. The topological polar surface area (TPSA) is 78.9 Å². The molecule has 2 heterocycles. The molecule has 7 nitrogen and oxygen atoms in total. The number of hydrogen-bond donors (Lipinski definition) is 0. The summed E-state index contributed by atoms with van der Waals surface area (Å²) >= 11 is 1.53. The van der Waals surface area contributed by atoms with Crippen molar-refractivity contribution in [3.05, 3.63) is 65.8 Å². The fourth-order valence-corrected chi connectivity index (χ4v) is 4.03. The second kappa shape index (κ2) is 8.93. The number of hydrogen-bond acceptors (Lipinski definition) is 7. The van der Waals surface area contributed by atoms with Gasteiger partial charge in [-0.3, -0.25) is 4.57 Å². The summed E-state index contributed by atoms with van der Waals surface area (Å²) in [6.45, 7) is 8.18. The zero-order valence-corrected chi connectivity index (χ0v) is 19.1. The Morgan fingerprint density at radius 2 is 1.74 bits per heavy atom. The molecule has 2 aromatic carbocycles. The number of para-hydroxylation sites is 1. The predicted molar refractivity (Wildman–Crippen MR) is 121 cm³/mol. The van der Waals surface area contributed by atoms with Gasteiger partial charge in [-0.1, -0.05) is 60.6 Å². The molecule has 8 heteroatoms. The van der Waals surface area contributed by atoms with Gasteiger partial charge in [0, 0.05) is 11.6 Å². The minimum absolute atomic E-state index is 0.0843. The van der Waals surface area contributed by atoms with Gasteiger partial charge in [0.25, 0.3) is 0 Å². The van der Waals surface area contributed by atoms with Crippen molar-refractivity contribution >= 4 is 11.8 Å². The molecule has 31 heavy (non-hydrogen) atoms. The molecular weight excluding hydrogens is 410 g/mol. The maximum atomic E-state index is 5.57. The van der Waals surface area contributed by atoms with Crippen molar-refractivity contribution < 1.29 is 9.26 Å². The van der Waals surface area contributed by atoms with Crippen LogP contribution in [0.1, 0.15) is 49.2 Å². The molecule has 0 saturated carbocycles. The second-order valence-electron chi connectivity index (χ2n) is 7.58. The van der Waals surface area contributed by atoms with Crippen LogP contribution in [0.4, 0.5) is 0 Å². The third-order valence-electron chi connectivity index (χ3n) is 4.88. The van der Waals surface area contributed by atoms with Crippen molar-refractivity contribution in [3.63, 3.8) is 0 Å². The first-order valence-electron chi connectivity index (χ1n) is 10.1. The predicted octanol–water partition coefficient (Wildman–Crippen LogP) is 5.61. The average molecular weight is 436 g/mol. The van der Waals surface area contributed by atoms with E-state index in [1.807, 2.05) is 49.6 Å². The Balaban J connectivity index is 1.77. The molecule has 0 spiro atoms. The summed E-state index contributed by atoms with van der Waals surface area (Å²) in [5.74, 6) is 2.95. The molecule has 0 aliphatic carbocycles. The highest BCUT2D eigenvalue weighted by molar-refractivity contribution is 7.99. The molecule has 1 unspecified atom stereocenters. The molecule has 0 radical (unpaired) electrons. The Hall–Kier alpha value is -3.13. The Kier molecular flexibility index (Phi) is 6.08. The zero-order chi connectivity index (χ0) is 22.0. The third kappa shape index (κ3) is 4.34. The number of aryl methyl sites for hydroxylation is 1. The molecule has 0 N–H and O–H groups in total. The summed E-state index contributed by atoms with van der Waals surface area (Å²) in [5, 5.41) is 13.8. The summed E-state index contributed by atoms with van der Waals surface area (Å²) in [7, 11) is 1.66. The van der Waals surface area contributed by atoms with E-state index in [2.05, 4.69) is 51.5 Å². The highest BCUT2D eigenvalue weighted by Gasteiger charge is 2.24. The van der Waals surface area contributed by atoms with Gasteiger partial charge in [0.05, 0.1) is 17.9 Å². The van der Waals surface area contributed by atoms with Crippen molar-refractivity contribution in [2.24, 2.45) is 0 Å². The minimum Gasteiger partial charge on any atom is -0.496 e. The normalized spacial score (nSPS) is 12.3. The third-order valence-corrected chi connectivity index (χ3v) is 5.91. The van der Waals surface area contributed by atoms with E-state index in [1.54, 1.807) is 7.11 Å². The standard InChI is InChI=1S/C23H25N5O2S/c1-14(2)20-24-22(30-27-20)16(4)31-23-26-25-21(18-8-6-7-9-19(18)29-5)28(23)17-12-10-15(3)11-13-17/h6-14,16H,1-5H3. The van der Waals surface area contributed by atoms with E-state index in [1.165, 1.54) is 17.3 Å². The molecule has 2 aromatic heterocycles. The van der Waals surface area contributed by atoms with Gasteiger partial charge in [0.1, 0.15) is 5.75 Å². The van der Waals surface area contributed by atoms with Gasteiger partial charge in [-0.25, -0.2) is 0 Å². The zero-order valence-electron chi connectivity index (χ0n) is 18.2. The monoisotopic (exact) mass is 435 g/mol. The minimum atomic E-state index is -0.0843. The maximum Gasteiger partial charge on any atom is 0.239 e. The van der Waals surface area contributed by atoms with Gasteiger partial charge in [0.15, 0.2) is 16.8 Å². The van der Waals surface area contributed by atoms with E-state index < -0.39 is 0 Å². The average Bonchev–Trinajstić information content (AvgIpc) is 3.42. The molecular formula is C23H25N5O2S. The van der Waals surface area contributed by atoms with Crippen LogP contribution < -0.4 is 4.74 Å². The molecule has 160 valence electrons. The van der Waals surface area contributed by atoms with Gasteiger partial charge < -0.3 is 9.26 Å². The first-order chi connectivity index (χ1) is 15.0. The largest absolute Gasteiger partial charge is 0.496 e. The highest BCUT2D eigenvalue weighted by Crippen LogP contribution is 2.38. The number of nitrogens with zero attached hydrogens (tertiary/aromatic N) is 5. The van der Waals surface area contributed by atoms with Crippen molar-refractivity contribution in [2.75, 3.05) is 7.11 Å². The van der Waals surface area contributed by atoms with Gasteiger partial charge in [-0.2, -0.15) is 4.98 Å². The Labute approximate surface area is 185 Å². The SMILES string of the molecule is COc1ccccc1-c1nnc(SC(C)c2nc(C(C)C)no2)n1-c1ccc(C)cc1. The Morgan fingerprint density at radius 1 is 1.00 bits per heavy atom. The van der Waals surface area contributed by atoms with Crippen LogP contribution >= 0.6 is 11.8 Å². The van der Waals surface area contributed by atoms with Crippen molar-refractivity contribution in [2.45, 2.75) is 44.0 Å². The second-order valence-corrected chi connectivity index (χ2v) is 8.89. The van der Waals surface area contributed by atoms with Crippen LogP contribution in [0.5, 0.6) is 5.75 Å².